The summed E-state index contributed by atoms with van der Waals surface area (Å²) in [6.45, 7) is 6.50. The van der Waals surface area contributed by atoms with Crippen molar-refractivity contribution in [1.82, 2.24) is 4.90 Å². The molecule has 1 aromatic rings. The van der Waals surface area contributed by atoms with Gasteiger partial charge in [-0.3, -0.25) is 4.79 Å². The first-order valence-corrected chi connectivity index (χ1v) is 5.70. The van der Waals surface area contributed by atoms with Gasteiger partial charge in [-0.05, 0) is 18.4 Å². The van der Waals surface area contributed by atoms with Gasteiger partial charge in [-0.15, -0.1) is 17.9 Å². The van der Waals surface area contributed by atoms with Crippen LogP contribution in [0.1, 0.15) is 11.8 Å². The number of nitrogens with zero attached hydrogens (tertiary/aromatic N) is 1. The molecule has 0 fully saturated rings. The minimum absolute atomic E-state index is 0.0386. The molecule has 0 spiro atoms. The Labute approximate surface area is 94.2 Å². The van der Waals surface area contributed by atoms with Crippen molar-refractivity contribution in [3.8, 4) is 0 Å². The molecule has 0 bridgehead atoms. The smallest absolute Gasteiger partial charge is 0.239 e. The van der Waals surface area contributed by atoms with Crippen LogP contribution in [0.4, 0.5) is 0 Å². The van der Waals surface area contributed by atoms with Crippen molar-refractivity contribution in [1.29, 1.82) is 0 Å². The van der Waals surface area contributed by atoms with Crippen molar-refractivity contribution in [2.24, 2.45) is 5.73 Å². The number of amides is 1. The lowest BCUT2D eigenvalue weighted by Crippen LogP contribution is -2.41. The van der Waals surface area contributed by atoms with Crippen LogP contribution in [0.3, 0.4) is 0 Å². The lowest BCUT2D eigenvalue weighted by molar-refractivity contribution is -0.132. The highest BCUT2D eigenvalue weighted by Crippen LogP contribution is 2.12. The second-order valence-electron chi connectivity index (χ2n) is 3.38. The molecular formula is C11H16N2OS. The van der Waals surface area contributed by atoms with Crippen molar-refractivity contribution in [3.63, 3.8) is 0 Å². The Kier molecular flexibility index (Phi) is 4.52. The van der Waals surface area contributed by atoms with Crippen LogP contribution in [0.15, 0.2) is 30.2 Å². The summed E-state index contributed by atoms with van der Waals surface area (Å²) in [7, 11) is 0. The molecule has 1 rings (SSSR count). The Morgan fingerprint density at radius 3 is 3.00 bits per heavy atom. The fourth-order valence-electron chi connectivity index (χ4n) is 1.27. The number of carbonyl (C=O) groups excluding carboxylic acids is 1. The van der Waals surface area contributed by atoms with Crippen molar-refractivity contribution in [3.05, 3.63) is 35.0 Å². The van der Waals surface area contributed by atoms with Gasteiger partial charge in [0.2, 0.25) is 5.91 Å². The first kappa shape index (κ1) is 11.9. The molecule has 1 heterocycles. The Bertz CT molecular complexity index is 319. The van der Waals surface area contributed by atoms with Gasteiger partial charge in [0.15, 0.2) is 0 Å². The van der Waals surface area contributed by atoms with Crippen LogP contribution in [-0.4, -0.2) is 23.4 Å². The van der Waals surface area contributed by atoms with E-state index >= 15 is 0 Å². The van der Waals surface area contributed by atoms with E-state index in [0.717, 1.165) is 4.88 Å². The molecule has 15 heavy (non-hydrogen) atoms. The quantitative estimate of drug-likeness (QED) is 0.772. The predicted molar refractivity (Wildman–Crippen MR) is 63.6 cm³/mol. The van der Waals surface area contributed by atoms with Crippen LogP contribution >= 0.6 is 11.3 Å². The monoisotopic (exact) mass is 224 g/mol. The fraction of sp³-hybridized carbons (Fsp3) is 0.364. The van der Waals surface area contributed by atoms with Crippen molar-refractivity contribution >= 4 is 17.2 Å². The maximum atomic E-state index is 11.7. The molecule has 2 N–H and O–H groups in total. The summed E-state index contributed by atoms with van der Waals surface area (Å²) in [6, 6.07) is 3.53. The lowest BCUT2D eigenvalue weighted by Gasteiger charge is -2.22. The Morgan fingerprint density at radius 1 is 1.80 bits per heavy atom. The molecule has 4 heteroatoms. The zero-order valence-corrected chi connectivity index (χ0v) is 9.67. The molecule has 0 saturated carbocycles. The van der Waals surface area contributed by atoms with Gasteiger partial charge in [0, 0.05) is 11.4 Å². The second-order valence-corrected chi connectivity index (χ2v) is 4.41. The number of thiophene rings is 1. The predicted octanol–water partition coefficient (Wildman–Crippen LogP) is 1.61. The van der Waals surface area contributed by atoms with E-state index in [-0.39, 0.29) is 5.91 Å². The summed E-state index contributed by atoms with van der Waals surface area (Å²) < 4.78 is 0. The first-order valence-electron chi connectivity index (χ1n) is 4.82. The topological polar surface area (TPSA) is 46.3 Å². The first-order chi connectivity index (χ1) is 7.15. The highest BCUT2D eigenvalue weighted by molar-refractivity contribution is 7.09. The van der Waals surface area contributed by atoms with Crippen LogP contribution in [0, 0.1) is 0 Å². The molecule has 1 amide bonds. The lowest BCUT2D eigenvalue weighted by atomic mass is 10.3. The number of nitrogens with two attached hydrogens (primary N) is 1. The van der Waals surface area contributed by atoms with Crippen LogP contribution in [0.2, 0.25) is 0 Å². The van der Waals surface area contributed by atoms with Gasteiger partial charge >= 0.3 is 0 Å². The average molecular weight is 224 g/mol. The van der Waals surface area contributed by atoms with Gasteiger partial charge in [-0.25, -0.2) is 0 Å². The van der Waals surface area contributed by atoms with Crippen LogP contribution in [0.5, 0.6) is 0 Å². The number of hydrogen-bond acceptors (Lipinski definition) is 3. The van der Waals surface area contributed by atoms with Gasteiger partial charge in [0.1, 0.15) is 0 Å². The Balaban J connectivity index is 2.66. The molecule has 1 atom stereocenters. The third-order valence-corrected chi connectivity index (χ3v) is 2.84. The van der Waals surface area contributed by atoms with Gasteiger partial charge < -0.3 is 10.6 Å². The van der Waals surface area contributed by atoms with Crippen molar-refractivity contribution in [2.75, 3.05) is 6.54 Å². The fourth-order valence-corrected chi connectivity index (χ4v) is 1.99. The molecule has 1 aromatic heterocycles. The normalized spacial score (nSPS) is 12.1. The van der Waals surface area contributed by atoms with E-state index < -0.39 is 6.04 Å². The second kappa shape index (κ2) is 5.68. The van der Waals surface area contributed by atoms with E-state index in [2.05, 4.69) is 6.58 Å². The number of hydrogen-bond donors (Lipinski definition) is 1. The molecule has 0 aliphatic rings. The molecule has 0 unspecified atom stereocenters. The summed E-state index contributed by atoms with van der Waals surface area (Å²) in [5.41, 5.74) is 5.57. The molecule has 82 valence electrons. The zero-order chi connectivity index (χ0) is 11.3. The zero-order valence-electron chi connectivity index (χ0n) is 8.85. The number of carbonyl (C=O) groups is 1. The molecule has 0 radical (unpaired) electrons. The van der Waals surface area contributed by atoms with Gasteiger partial charge in [-0.2, -0.15) is 0 Å². The minimum Gasteiger partial charge on any atom is -0.333 e. The Morgan fingerprint density at radius 2 is 2.53 bits per heavy atom. The molecule has 0 aromatic carbocycles. The minimum atomic E-state index is -0.454. The SMILES string of the molecule is C=CCN(Cc1cccs1)C(=O)[C@@H](C)N. The van der Waals surface area contributed by atoms with Crippen LogP contribution in [0.25, 0.3) is 0 Å². The van der Waals surface area contributed by atoms with Gasteiger partial charge in [0.05, 0.1) is 12.6 Å². The van der Waals surface area contributed by atoms with E-state index in [4.69, 9.17) is 5.73 Å². The molecular weight excluding hydrogens is 208 g/mol. The standard InChI is InChI=1S/C11H16N2OS/c1-3-6-13(11(14)9(2)12)8-10-5-4-7-15-10/h3-5,7,9H,1,6,8,12H2,2H3/t9-/m1/s1. The van der Waals surface area contributed by atoms with E-state index in [1.807, 2.05) is 17.5 Å². The molecule has 3 nitrogen and oxygen atoms in total. The van der Waals surface area contributed by atoms with Gasteiger partial charge in [-0.1, -0.05) is 12.1 Å². The summed E-state index contributed by atoms with van der Waals surface area (Å²) >= 11 is 1.64. The van der Waals surface area contributed by atoms with Crippen molar-refractivity contribution in [2.45, 2.75) is 19.5 Å². The Hall–Kier alpha value is -1.13. The molecule has 0 aliphatic heterocycles. The van der Waals surface area contributed by atoms with Crippen LogP contribution in [-0.2, 0) is 11.3 Å². The van der Waals surface area contributed by atoms with Crippen LogP contribution < -0.4 is 5.73 Å². The highest BCUT2D eigenvalue weighted by Gasteiger charge is 2.16. The maximum Gasteiger partial charge on any atom is 0.239 e. The summed E-state index contributed by atoms with van der Waals surface area (Å²) in [6.07, 6.45) is 1.72. The van der Waals surface area contributed by atoms with Crippen molar-refractivity contribution < 1.29 is 4.79 Å². The summed E-state index contributed by atoms with van der Waals surface area (Å²) in [5, 5.41) is 2.00. The molecule has 0 saturated heterocycles. The third-order valence-electron chi connectivity index (χ3n) is 1.98. The molecule has 0 aliphatic carbocycles. The van der Waals surface area contributed by atoms with E-state index in [0.29, 0.717) is 13.1 Å². The van der Waals surface area contributed by atoms with Gasteiger partial charge in [0.25, 0.3) is 0 Å². The number of rotatable bonds is 5. The van der Waals surface area contributed by atoms with E-state index in [1.54, 1.807) is 29.2 Å². The highest BCUT2D eigenvalue weighted by atomic mass is 32.1. The van der Waals surface area contributed by atoms with E-state index in [1.165, 1.54) is 0 Å². The largest absolute Gasteiger partial charge is 0.333 e. The third kappa shape index (κ3) is 3.49. The average Bonchev–Trinajstić information content (AvgIpc) is 2.68. The maximum absolute atomic E-state index is 11.7. The van der Waals surface area contributed by atoms with E-state index in [9.17, 15) is 4.79 Å². The summed E-state index contributed by atoms with van der Waals surface area (Å²) in [4.78, 5) is 14.6. The summed E-state index contributed by atoms with van der Waals surface area (Å²) in [5.74, 6) is -0.0386.